The third kappa shape index (κ3) is 5.97. The quantitative estimate of drug-likeness (QED) is 0.684. The first-order chi connectivity index (χ1) is 14.9. The maximum absolute atomic E-state index is 13.6. The SMILES string of the molecule is CCNC(=S)N1CCC([C@@H](NC(=O)c2ccc(C)cc2)C(=O)N2CCCC[C@H]2C)CC1. The Morgan fingerprint density at radius 1 is 1.10 bits per heavy atom. The topological polar surface area (TPSA) is 64.7 Å². The number of thiocarbonyl (C=S) groups is 1. The molecule has 0 bridgehead atoms. The van der Waals surface area contributed by atoms with Gasteiger partial charge in [0.1, 0.15) is 6.04 Å². The lowest BCUT2D eigenvalue weighted by Crippen LogP contribution is -2.57. The van der Waals surface area contributed by atoms with Crippen molar-refractivity contribution < 1.29 is 9.59 Å². The van der Waals surface area contributed by atoms with Gasteiger partial charge in [-0.1, -0.05) is 17.7 Å². The van der Waals surface area contributed by atoms with Crippen LogP contribution in [0.5, 0.6) is 0 Å². The van der Waals surface area contributed by atoms with Crippen LogP contribution in [0.2, 0.25) is 0 Å². The Labute approximate surface area is 191 Å². The van der Waals surface area contributed by atoms with Crippen molar-refractivity contribution in [1.29, 1.82) is 0 Å². The van der Waals surface area contributed by atoms with Crippen molar-refractivity contribution in [3.8, 4) is 0 Å². The lowest BCUT2D eigenvalue weighted by atomic mass is 9.87. The molecule has 1 aromatic carbocycles. The zero-order valence-electron chi connectivity index (χ0n) is 19.0. The van der Waals surface area contributed by atoms with E-state index in [1.807, 2.05) is 43.0 Å². The van der Waals surface area contributed by atoms with Crippen LogP contribution in [-0.4, -0.2) is 65.0 Å². The van der Waals surface area contributed by atoms with Gasteiger partial charge in [0, 0.05) is 37.8 Å². The second-order valence-corrected chi connectivity index (χ2v) is 9.24. The largest absolute Gasteiger partial charge is 0.363 e. The molecule has 6 nitrogen and oxygen atoms in total. The van der Waals surface area contributed by atoms with Gasteiger partial charge in [-0.15, -0.1) is 0 Å². The molecule has 2 aliphatic rings. The van der Waals surface area contributed by atoms with Crippen LogP contribution in [0.1, 0.15) is 61.9 Å². The average Bonchev–Trinajstić information content (AvgIpc) is 2.78. The molecule has 2 heterocycles. The van der Waals surface area contributed by atoms with Gasteiger partial charge in [0.25, 0.3) is 5.91 Å². The molecule has 2 saturated heterocycles. The Morgan fingerprint density at radius 3 is 2.39 bits per heavy atom. The molecule has 0 saturated carbocycles. The minimum absolute atomic E-state index is 0.0698. The van der Waals surface area contributed by atoms with Gasteiger partial charge in [-0.25, -0.2) is 0 Å². The number of carbonyl (C=O) groups is 2. The van der Waals surface area contributed by atoms with E-state index in [1.54, 1.807) is 0 Å². The Kier molecular flexibility index (Phi) is 8.29. The fourth-order valence-corrected chi connectivity index (χ4v) is 4.94. The molecule has 2 atom stereocenters. The number of benzene rings is 1. The van der Waals surface area contributed by atoms with Crippen LogP contribution in [-0.2, 0) is 4.79 Å². The van der Waals surface area contributed by atoms with Gasteiger partial charge < -0.3 is 20.4 Å². The Balaban J connectivity index is 1.74. The molecular formula is C24H36N4O2S. The number of rotatable bonds is 5. The zero-order valence-corrected chi connectivity index (χ0v) is 19.8. The maximum atomic E-state index is 13.6. The summed E-state index contributed by atoms with van der Waals surface area (Å²) in [6, 6.07) is 7.24. The molecule has 7 heteroatoms. The lowest BCUT2D eigenvalue weighted by Gasteiger charge is -2.41. The van der Waals surface area contributed by atoms with Crippen molar-refractivity contribution >= 4 is 29.1 Å². The van der Waals surface area contributed by atoms with E-state index in [4.69, 9.17) is 12.2 Å². The summed E-state index contributed by atoms with van der Waals surface area (Å²) in [4.78, 5) is 30.8. The van der Waals surface area contributed by atoms with Gasteiger partial charge >= 0.3 is 0 Å². The van der Waals surface area contributed by atoms with Crippen LogP contribution in [0.3, 0.4) is 0 Å². The highest BCUT2D eigenvalue weighted by atomic mass is 32.1. The third-order valence-electron chi connectivity index (χ3n) is 6.58. The van der Waals surface area contributed by atoms with Gasteiger partial charge in [-0.05, 0) is 83.1 Å². The molecule has 170 valence electrons. The molecule has 2 aliphatic heterocycles. The highest BCUT2D eigenvalue weighted by Gasteiger charge is 2.37. The van der Waals surface area contributed by atoms with Crippen molar-refractivity contribution in [3.63, 3.8) is 0 Å². The fourth-order valence-electron chi connectivity index (χ4n) is 4.61. The van der Waals surface area contributed by atoms with E-state index < -0.39 is 6.04 Å². The Bertz CT molecular complexity index is 774. The van der Waals surface area contributed by atoms with Gasteiger partial charge in [-0.3, -0.25) is 9.59 Å². The minimum atomic E-state index is -0.496. The van der Waals surface area contributed by atoms with Gasteiger partial charge in [-0.2, -0.15) is 0 Å². The summed E-state index contributed by atoms with van der Waals surface area (Å²) < 4.78 is 0. The van der Waals surface area contributed by atoms with Gasteiger partial charge in [0.2, 0.25) is 5.91 Å². The van der Waals surface area contributed by atoms with E-state index in [0.29, 0.717) is 5.56 Å². The molecule has 0 aliphatic carbocycles. The number of piperidine rings is 2. The molecule has 1 aromatic rings. The van der Waals surface area contributed by atoms with Gasteiger partial charge in [0.15, 0.2) is 5.11 Å². The number of aryl methyl sites for hydroxylation is 1. The molecule has 3 rings (SSSR count). The molecule has 2 N–H and O–H groups in total. The van der Waals surface area contributed by atoms with Crippen LogP contribution in [0.4, 0.5) is 0 Å². The zero-order chi connectivity index (χ0) is 22.4. The van der Waals surface area contributed by atoms with Crippen LogP contribution >= 0.6 is 12.2 Å². The van der Waals surface area contributed by atoms with Crippen molar-refractivity contribution in [1.82, 2.24) is 20.4 Å². The summed E-state index contributed by atoms with van der Waals surface area (Å²) in [5, 5.41) is 7.10. The smallest absolute Gasteiger partial charge is 0.251 e. The molecule has 0 radical (unpaired) electrons. The number of nitrogens with zero attached hydrogens (tertiary/aromatic N) is 2. The number of nitrogens with one attached hydrogen (secondary N) is 2. The standard InChI is InChI=1S/C24H36N4O2S/c1-4-25-24(31)27-15-12-19(13-16-27)21(23(30)28-14-6-5-7-18(28)3)26-22(29)20-10-8-17(2)9-11-20/h8-11,18-19,21H,4-7,12-16H2,1-3H3,(H,25,31)(H,26,29)/t18-,21-/m1/s1. The first-order valence-corrected chi connectivity index (χ1v) is 12.0. The fraction of sp³-hybridized carbons (Fsp3) is 0.625. The first kappa shape index (κ1) is 23.5. The van der Waals surface area contributed by atoms with Crippen molar-refractivity contribution in [2.24, 2.45) is 5.92 Å². The summed E-state index contributed by atoms with van der Waals surface area (Å²) in [7, 11) is 0. The van der Waals surface area contributed by atoms with Crippen LogP contribution in [0, 0.1) is 12.8 Å². The predicted molar refractivity (Wildman–Crippen MR) is 128 cm³/mol. The summed E-state index contributed by atoms with van der Waals surface area (Å²) in [6.45, 7) is 9.34. The number of amides is 2. The van der Waals surface area contributed by atoms with E-state index in [9.17, 15) is 9.59 Å². The Morgan fingerprint density at radius 2 is 1.77 bits per heavy atom. The molecule has 2 fully saturated rings. The summed E-state index contributed by atoms with van der Waals surface area (Å²) >= 11 is 5.46. The summed E-state index contributed by atoms with van der Waals surface area (Å²) in [6.07, 6.45) is 4.88. The first-order valence-electron chi connectivity index (χ1n) is 11.6. The maximum Gasteiger partial charge on any atom is 0.251 e. The van der Waals surface area contributed by atoms with E-state index in [-0.39, 0.29) is 23.8 Å². The Hall–Kier alpha value is -2.15. The molecular weight excluding hydrogens is 408 g/mol. The average molecular weight is 445 g/mol. The monoisotopic (exact) mass is 444 g/mol. The minimum Gasteiger partial charge on any atom is -0.363 e. The lowest BCUT2D eigenvalue weighted by molar-refractivity contribution is -0.138. The predicted octanol–water partition coefficient (Wildman–Crippen LogP) is 3.10. The van der Waals surface area contributed by atoms with Gasteiger partial charge in [0.05, 0.1) is 0 Å². The van der Waals surface area contributed by atoms with Crippen molar-refractivity contribution in [2.75, 3.05) is 26.2 Å². The van der Waals surface area contributed by atoms with E-state index in [2.05, 4.69) is 22.5 Å². The van der Waals surface area contributed by atoms with E-state index >= 15 is 0 Å². The van der Waals surface area contributed by atoms with E-state index in [0.717, 1.165) is 69.0 Å². The molecule has 31 heavy (non-hydrogen) atoms. The number of carbonyl (C=O) groups excluding carboxylic acids is 2. The summed E-state index contributed by atoms with van der Waals surface area (Å²) in [5.74, 6) is 0.00526. The summed E-state index contributed by atoms with van der Waals surface area (Å²) in [5.41, 5.74) is 1.70. The van der Waals surface area contributed by atoms with Crippen molar-refractivity contribution in [2.45, 2.75) is 65.0 Å². The second kappa shape index (κ2) is 10.9. The van der Waals surface area contributed by atoms with Crippen LogP contribution < -0.4 is 10.6 Å². The molecule has 0 unspecified atom stereocenters. The van der Waals surface area contributed by atoms with E-state index in [1.165, 1.54) is 0 Å². The van der Waals surface area contributed by atoms with Crippen LogP contribution in [0.25, 0.3) is 0 Å². The number of likely N-dealkylation sites (tertiary alicyclic amines) is 2. The molecule has 0 aromatic heterocycles. The third-order valence-corrected chi connectivity index (χ3v) is 6.98. The highest BCUT2D eigenvalue weighted by molar-refractivity contribution is 7.80. The molecule has 0 spiro atoms. The number of hydrogen-bond donors (Lipinski definition) is 2. The second-order valence-electron chi connectivity index (χ2n) is 8.85. The van der Waals surface area contributed by atoms with Crippen molar-refractivity contribution in [3.05, 3.63) is 35.4 Å². The highest BCUT2D eigenvalue weighted by Crippen LogP contribution is 2.25. The number of hydrogen-bond acceptors (Lipinski definition) is 3. The normalized spacial score (nSPS) is 20.8. The molecule has 2 amide bonds. The van der Waals surface area contributed by atoms with Crippen LogP contribution in [0.15, 0.2) is 24.3 Å².